The molecule has 0 bridgehead atoms. The number of carbonyl (C=O) groups is 2. The Morgan fingerprint density at radius 3 is 2.40 bits per heavy atom. The number of thiophene rings is 1. The van der Waals surface area contributed by atoms with E-state index >= 15 is 0 Å². The Bertz CT molecular complexity index is 555. The number of nitrogens with two attached hydrogens (primary N) is 2. The number of Topliss-reactive ketones (excluding diaryl/α,β-unsaturated/α-hetero) is 1. The van der Waals surface area contributed by atoms with Crippen molar-refractivity contribution in [3.63, 3.8) is 0 Å². The Hall–Kier alpha value is -1.82. The minimum Gasteiger partial charge on any atom is -0.397 e. The highest BCUT2D eigenvalue weighted by Gasteiger charge is 2.25. The number of anilines is 2. The number of allylic oxidation sites excluding steroid dienone is 1. The lowest BCUT2D eigenvalue weighted by Crippen LogP contribution is -2.15. The first-order valence-electron chi connectivity index (χ1n) is 6.39. The summed E-state index contributed by atoms with van der Waals surface area (Å²) < 4.78 is 0. The van der Waals surface area contributed by atoms with E-state index in [0.717, 1.165) is 5.57 Å². The SMILES string of the molecule is CC(C)=CCNc1sc(C(=O)C(C)C)c(N)c1C(N)=O. The highest BCUT2D eigenvalue weighted by atomic mass is 32.1. The molecule has 1 rings (SSSR count). The summed E-state index contributed by atoms with van der Waals surface area (Å²) in [6.07, 6.45) is 1.98. The van der Waals surface area contributed by atoms with Gasteiger partial charge < -0.3 is 16.8 Å². The predicted octanol–water partition coefficient (Wildman–Crippen LogP) is 2.65. The van der Waals surface area contributed by atoms with Crippen molar-refractivity contribution < 1.29 is 9.59 Å². The molecule has 1 aromatic rings. The van der Waals surface area contributed by atoms with Gasteiger partial charge in [-0.05, 0) is 13.8 Å². The van der Waals surface area contributed by atoms with Crippen molar-refractivity contribution >= 4 is 33.7 Å². The number of amides is 1. The molecule has 0 aliphatic heterocycles. The number of nitrogens with one attached hydrogen (secondary N) is 1. The Morgan fingerprint density at radius 1 is 1.35 bits per heavy atom. The van der Waals surface area contributed by atoms with Crippen LogP contribution in [-0.2, 0) is 0 Å². The third-order valence-electron chi connectivity index (χ3n) is 2.71. The Balaban J connectivity index is 3.16. The molecule has 0 fully saturated rings. The molecule has 0 atom stereocenters. The molecule has 20 heavy (non-hydrogen) atoms. The topological polar surface area (TPSA) is 98.2 Å². The summed E-state index contributed by atoms with van der Waals surface area (Å²) in [7, 11) is 0. The minimum absolute atomic E-state index is 0.0785. The van der Waals surface area contributed by atoms with Crippen LogP contribution in [-0.4, -0.2) is 18.2 Å². The Morgan fingerprint density at radius 2 is 1.95 bits per heavy atom. The van der Waals surface area contributed by atoms with Crippen molar-refractivity contribution in [3.8, 4) is 0 Å². The summed E-state index contributed by atoms with van der Waals surface area (Å²) in [5.41, 5.74) is 12.8. The predicted molar refractivity (Wildman–Crippen MR) is 84.3 cm³/mol. The standard InChI is InChI=1S/C14H21N3O2S/c1-7(2)5-6-17-14-9(13(16)19)10(15)12(20-14)11(18)8(3)4/h5,8,17H,6,15H2,1-4H3,(H2,16,19). The fraction of sp³-hybridized carbons (Fsp3) is 0.429. The van der Waals surface area contributed by atoms with Gasteiger partial charge in [-0.25, -0.2) is 0 Å². The Kier molecular flexibility index (Phi) is 5.33. The van der Waals surface area contributed by atoms with Crippen molar-refractivity contribution in [2.45, 2.75) is 27.7 Å². The molecule has 0 aromatic carbocycles. The fourth-order valence-electron chi connectivity index (χ4n) is 1.61. The molecule has 0 radical (unpaired) electrons. The number of rotatable bonds is 6. The maximum Gasteiger partial charge on any atom is 0.253 e. The van der Waals surface area contributed by atoms with Gasteiger partial charge in [0.05, 0.1) is 16.1 Å². The molecule has 0 spiro atoms. The molecule has 0 aliphatic rings. The summed E-state index contributed by atoms with van der Waals surface area (Å²) in [6.45, 7) is 8.10. The molecule has 0 unspecified atom stereocenters. The van der Waals surface area contributed by atoms with Crippen LogP contribution in [0.5, 0.6) is 0 Å². The number of hydrogen-bond donors (Lipinski definition) is 3. The first-order chi connectivity index (χ1) is 9.25. The summed E-state index contributed by atoms with van der Waals surface area (Å²) in [4.78, 5) is 24.0. The zero-order valence-corrected chi connectivity index (χ0v) is 13.1. The molecule has 0 saturated heterocycles. The monoisotopic (exact) mass is 295 g/mol. The van der Waals surface area contributed by atoms with Gasteiger partial charge in [0.1, 0.15) is 5.00 Å². The van der Waals surface area contributed by atoms with E-state index in [1.807, 2.05) is 19.9 Å². The molecule has 5 nitrogen and oxygen atoms in total. The van der Waals surface area contributed by atoms with E-state index in [1.54, 1.807) is 13.8 Å². The van der Waals surface area contributed by atoms with E-state index in [0.29, 0.717) is 16.4 Å². The lowest BCUT2D eigenvalue weighted by molar-refractivity contribution is 0.0944. The van der Waals surface area contributed by atoms with Crippen LogP contribution >= 0.6 is 11.3 Å². The molecule has 0 saturated carbocycles. The molecule has 1 amide bonds. The molecule has 110 valence electrons. The molecular formula is C14H21N3O2S. The minimum atomic E-state index is -0.624. The first kappa shape index (κ1) is 16.2. The second-order valence-corrected chi connectivity index (χ2v) is 6.12. The van der Waals surface area contributed by atoms with Crippen molar-refractivity contribution in [2.24, 2.45) is 11.7 Å². The zero-order valence-electron chi connectivity index (χ0n) is 12.2. The van der Waals surface area contributed by atoms with Crippen LogP contribution in [0.3, 0.4) is 0 Å². The van der Waals surface area contributed by atoms with Crippen LogP contribution in [0.2, 0.25) is 0 Å². The smallest absolute Gasteiger partial charge is 0.253 e. The van der Waals surface area contributed by atoms with Crippen LogP contribution in [0.25, 0.3) is 0 Å². The van der Waals surface area contributed by atoms with Crippen molar-refractivity contribution in [1.29, 1.82) is 0 Å². The van der Waals surface area contributed by atoms with Gasteiger partial charge in [-0.15, -0.1) is 11.3 Å². The summed E-state index contributed by atoms with van der Waals surface area (Å²) in [6, 6.07) is 0. The number of hydrogen-bond acceptors (Lipinski definition) is 5. The van der Waals surface area contributed by atoms with Gasteiger partial charge in [-0.3, -0.25) is 9.59 Å². The van der Waals surface area contributed by atoms with E-state index in [2.05, 4.69) is 5.32 Å². The van der Waals surface area contributed by atoms with E-state index < -0.39 is 5.91 Å². The largest absolute Gasteiger partial charge is 0.397 e. The van der Waals surface area contributed by atoms with Gasteiger partial charge in [0, 0.05) is 12.5 Å². The summed E-state index contributed by atoms with van der Waals surface area (Å²) >= 11 is 1.19. The van der Waals surface area contributed by atoms with E-state index in [9.17, 15) is 9.59 Å². The van der Waals surface area contributed by atoms with E-state index in [1.165, 1.54) is 11.3 Å². The quantitative estimate of drug-likeness (QED) is 0.555. The van der Waals surface area contributed by atoms with E-state index in [4.69, 9.17) is 11.5 Å². The second-order valence-electron chi connectivity index (χ2n) is 5.09. The zero-order chi connectivity index (χ0) is 15.4. The summed E-state index contributed by atoms with van der Waals surface area (Å²) in [5, 5.41) is 3.64. The van der Waals surface area contributed by atoms with Crippen LogP contribution in [0.4, 0.5) is 10.7 Å². The number of carbonyl (C=O) groups excluding carboxylic acids is 2. The maximum absolute atomic E-state index is 12.1. The lowest BCUT2D eigenvalue weighted by atomic mass is 10.1. The summed E-state index contributed by atoms with van der Waals surface area (Å²) in [5.74, 6) is -0.881. The third-order valence-corrected chi connectivity index (χ3v) is 3.89. The van der Waals surface area contributed by atoms with Crippen LogP contribution in [0.15, 0.2) is 11.6 Å². The van der Waals surface area contributed by atoms with E-state index in [-0.39, 0.29) is 23.0 Å². The van der Waals surface area contributed by atoms with Crippen molar-refractivity contribution in [3.05, 3.63) is 22.1 Å². The van der Waals surface area contributed by atoms with Gasteiger partial charge in [-0.1, -0.05) is 25.5 Å². The molecule has 1 aromatic heterocycles. The van der Waals surface area contributed by atoms with Crippen molar-refractivity contribution in [1.82, 2.24) is 0 Å². The van der Waals surface area contributed by atoms with Gasteiger partial charge in [0.2, 0.25) is 0 Å². The van der Waals surface area contributed by atoms with Gasteiger partial charge in [0.15, 0.2) is 5.78 Å². The highest BCUT2D eigenvalue weighted by molar-refractivity contribution is 7.19. The fourth-order valence-corrected chi connectivity index (χ4v) is 2.83. The van der Waals surface area contributed by atoms with Gasteiger partial charge >= 0.3 is 0 Å². The molecular weight excluding hydrogens is 274 g/mol. The van der Waals surface area contributed by atoms with Gasteiger partial charge in [0.25, 0.3) is 5.91 Å². The molecule has 1 heterocycles. The average Bonchev–Trinajstić information content (AvgIpc) is 2.64. The number of primary amides is 1. The lowest BCUT2D eigenvalue weighted by Gasteiger charge is -2.03. The normalized spacial score (nSPS) is 10.4. The first-order valence-corrected chi connectivity index (χ1v) is 7.20. The van der Waals surface area contributed by atoms with Crippen LogP contribution in [0, 0.1) is 5.92 Å². The Labute approximate surface area is 123 Å². The number of nitrogen functional groups attached to an aromatic ring is 1. The average molecular weight is 295 g/mol. The van der Waals surface area contributed by atoms with Crippen molar-refractivity contribution in [2.75, 3.05) is 17.6 Å². The maximum atomic E-state index is 12.1. The van der Waals surface area contributed by atoms with Crippen LogP contribution < -0.4 is 16.8 Å². The third kappa shape index (κ3) is 3.60. The second kappa shape index (κ2) is 6.56. The molecule has 0 aliphatic carbocycles. The van der Waals surface area contributed by atoms with Gasteiger partial charge in [-0.2, -0.15) is 0 Å². The highest BCUT2D eigenvalue weighted by Crippen LogP contribution is 2.36. The molecule has 6 heteroatoms. The number of ketones is 1. The molecule has 5 N–H and O–H groups in total. The van der Waals surface area contributed by atoms with Crippen LogP contribution in [0.1, 0.15) is 47.7 Å².